The summed E-state index contributed by atoms with van der Waals surface area (Å²) in [5.41, 5.74) is 2.17. The average molecular weight is 554 g/mol. The number of ketones is 1. The number of methoxy groups -OCH3 is 1. The molecular formula is C32H44FN3O4. The SMILES string of the molecule is CCOc1cc2c(c(F)c1OCC)C(=N)N(CC(=O)c1cc(N3CCCCC3)c(OC)c(C(C)(C)C)c1)C2(C)C. The fourth-order valence-electron chi connectivity index (χ4n) is 5.85. The van der Waals surface area contributed by atoms with Crippen LogP contribution in [0.2, 0.25) is 0 Å². The number of anilines is 1. The molecule has 0 aliphatic carbocycles. The Labute approximate surface area is 238 Å². The lowest BCUT2D eigenvalue weighted by Crippen LogP contribution is -2.42. The minimum absolute atomic E-state index is 0.00738. The van der Waals surface area contributed by atoms with E-state index in [4.69, 9.17) is 19.6 Å². The Morgan fingerprint density at radius 1 is 1.02 bits per heavy atom. The first kappa shape index (κ1) is 29.7. The fraction of sp³-hybridized carbons (Fsp3) is 0.562. The molecule has 2 aliphatic heterocycles. The molecule has 2 aliphatic rings. The Balaban J connectivity index is 1.75. The molecule has 0 spiro atoms. The molecule has 0 amide bonds. The third-order valence-corrected chi connectivity index (χ3v) is 8.02. The summed E-state index contributed by atoms with van der Waals surface area (Å²) in [6.45, 7) is 16.2. The maximum Gasteiger partial charge on any atom is 0.197 e. The number of Topliss-reactive ketones (excluding diaryl/α,β-unsaturated/α-hetero) is 1. The van der Waals surface area contributed by atoms with E-state index in [0.717, 1.165) is 42.9 Å². The summed E-state index contributed by atoms with van der Waals surface area (Å²) in [5.74, 6) is 0.339. The lowest BCUT2D eigenvalue weighted by atomic mass is 9.84. The largest absolute Gasteiger partial charge is 0.494 e. The van der Waals surface area contributed by atoms with Gasteiger partial charge in [-0.2, -0.15) is 0 Å². The first-order chi connectivity index (χ1) is 18.9. The van der Waals surface area contributed by atoms with Crippen LogP contribution in [0.25, 0.3) is 0 Å². The van der Waals surface area contributed by atoms with Gasteiger partial charge >= 0.3 is 0 Å². The van der Waals surface area contributed by atoms with Crippen LogP contribution in [0.3, 0.4) is 0 Å². The van der Waals surface area contributed by atoms with Gasteiger partial charge in [-0.3, -0.25) is 10.2 Å². The standard InChI is InChI=1S/C32H44FN3O4/c1-9-39-25-18-21-26(27(33)29(25)40-10-2)30(34)36(32(21,6)7)19-24(37)20-16-22(31(3,4)5)28(38-8)23(17-20)35-14-12-11-13-15-35/h16-18,34H,9-15,19H2,1-8H3. The first-order valence-corrected chi connectivity index (χ1v) is 14.4. The smallest absolute Gasteiger partial charge is 0.197 e. The van der Waals surface area contributed by atoms with Crippen molar-refractivity contribution in [2.24, 2.45) is 0 Å². The predicted molar refractivity (Wildman–Crippen MR) is 157 cm³/mol. The van der Waals surface area contributed by atoms with Crippen LogP contribution in [0.4, 0.5) is 10.1 Å². The zero-order valence-corrected chi connectivity index (χ0v) is 25.3. The van der Waals surface area contributed by atoms with Gasteiger partial charge in [0, 0.05) is 24.2 Å². The van der Waals surface area contributed by atoms with Crippen LogP contribution < -0.4 is 19.1 Å². The summed E-state index contributed by atoms with van der Waals surface area (Å²) in [7, 11) is 1.69. The van der Waals surface area contributed by atoms with Crippen LogP contribution in [0.15, 0.2) is 18.2 Å². The zero-order chi connectivity index (χ0) is 29.4. The van der Waals surface area contributed by atoms with Crippen LogP contribution >= 0.6 is 0 Å². The fourth-order valence-corrected chi connectivity index (χ4v) is 5.85. The number of carbonyl (C=O) groups excluding carboxylic acids is 1. The summed E-state index contributed by atoms with van der Waals surface area (Å²) in [6.07, 6.45) is 3.40. The van der Waals surface area contributed by atoms with E-state index in [0.29, 0.717) is 23.5 Å². The number of rotatable bonds is 9. The molecule has 0 unspecified atom stereocenters. The van der Waals surface area contributed by atoms with E-state index >= 15 is 4.39 Å². The van der Waals surface area contributed by atoms with Gasteiger partial charge in [-0.15, -0.1) is 0 Å². The molecular weight excluding hydrogens is 509 g/mol. The van der Waals surface area contributed by atoms with E-state index in [1.807, 2.05) is 32.9 Å². The van der Waals surface area contributed by atoms with Crippen molar-refractivity contribution < 1.29 is 23.4 Å². The summed E-state index contributed by atoms with van der Waals surface area (Å²) >= 11 is 0. The highest BCUT2D eigenvalue weighted by Gasteiger charge is 2.45. The monoisotopic (exact) mass is 553 g/mol. The van der Waals surface area contributed by atoms with Gasteiger partial charge in [-0.1, -0.05) is 20.8 Å². The van der Waals surface area contributed by atoms with E-state index in [2.05, 4.69) is 25.7 Å². The van der Waals surface area contributed by atoms with Crippen molar-refractivity contribution in [3.63, 3.8) is 0 Å². The minimum Gasteiger partial charge on any atom is -0.494 e. The highest BCUT2D eigenvalue weighted by Crippen LogP contribution is 2.47. The maximum atomic E-state index is 15.8. The average Bonchev–Trinajstić information content (AvgIpc) is 3.10. The number of carbonyl (C=O) groups is 1. The number of ether oxygens (including phenoxy) is 3. The highest BCUT2D eigenvalue weighted by molar-refractivity contribution is 6.07. The Kier molecular flexibility index (Phi) is 8.38. The Hall–Kier alpha value is -3.29. The van der Waals surface area contributed by atoms with E-state index < -0.39 is 11.4 Å². The maximum absolute atomic E-state index is 15.8. The zero-order valence-electron chi connectivity index (χ0n) is 25.3. The van der Waals surface area contributed by atoms with Crippen molar-refractivity contribution >= 4 is 17.3 Å². The molecule has 40 heavy (non-hydrogen) atoms. The van der Waals surface area contributed by atoms with Gasteiger partial charge in [0.2, 0.25) is 0 Å². The van der Waals surface area contributed by atoms with Crippen LogP contribution in [-0.4, -0.2) is 56.5 Å². The number of hydrogen-bond donors (Lipinski definition) is 1. The quantitative estimate of drug-likeness (QED) is 0.349. The molecule has 1 saturated heterocycles. The topological polar surface area (TPSA) is 75.1 Å². The molecule has 0 bridgehead atoms. The van der Waals surface area contributed by atoms with Crippen molar-refractivity contribution in [2.75, 3.05) is 44.9 Å². The molecule has 7 nitrogen and oxygen atoms in total. The number of nitrogens with zero attached hydrogens (tertiary/aromatic N) is 2. The minimum atomic E-state index is -0.811. The second-order valence-corrected chi connectivity index (χ2v) is 12.1. The molecule has 2 aromatic rings. The van der Waals surface area contributed by atoms with E-state index in [-0.39, 0.29) is 41.5 Å². The number of benzene rings is 2. The predicted octanol–water partition coefficient (Wildman–Crippen LogP) is 6.68. The normalized spacial score (nSPS) is 16.7. The molecule has 2 aromatic carbocycles. The number of amidine groups is 1. The molecule has 0 atom stereocenters. The summed E-state index contributed by atoms with van der Waals surface area (Å²) in [4.78, 5) is 18.0. The third kappa shape index (κ3) is 5.25. The number of piperidine rings is 1. The summed E-state index contributed by atoms with van der Waals surface area (Å²) in [6, 6.07) is 5.61. The van der Waals surface area contributed by atoms with Crippen LogP contribution in [0, 0.1) is 11.2 Å². The summed E-state index contributed by atoms with van der Waals surface area (Å²) < 4.78 is 33.0. The van der Waals surface area contributed by atoms with Gasteiger partial charge in [-0.25, -0.2) is 4.39 Å². The van der Waals surface area contributed by atoms with Crippen molar-refractivity contribution in [3.05, 3.63) is 46.3 Å². The molecule has 2 heterocycles. The van der Waals surface area contributed by atoms with Crippen molar-refractivity contribution in [3.8, 4) is 17.2 Å². The number of hydrogen-bond acceptors (Lipinski definition) is 6. The molecule has 0 aromatic heterocycles. The van der Waals surface area contributed by atoms with Crippen molar-refractivity contribution in [1.29, 1.82) is 5.41 Å². The van der Waals surface area contributed by atoms with Gasteiger partial charge in [0.25, 0.3) is 0 Å². The third-order valence-electron chi connectivity index (χ3n) is 8.02. The number of halogens is 1. The molecule has 8 heteroatoms. The van der Waals surface area contributed by atoms with E-state index in [9.17, 15) is 4.79 Å². The van der Waals surface area contributed by atoms with E-state index in [1.54, 1.807) is 25.0 Å². The molecule has 1 N–H and O–H groups in total. The Morgan fingerprint density at radius 2 is 1.68 bits per heavy atom. The lowest BCUT2D eigenvalue weighted by molar-refractivity contribution is 0.0920. The molecule has 0 saturated carbocycles. The van der Waals surface area contributed by atoms with Crippen LogP contribution in [0.1, 0.15) is 94.8 Å². The summed E-state index contributed by atoms with van der Waals surface area (Å²) in [5, 5.41) is 8.96. The second kappa shape index (κ2) is 11.3. The molecule has 4 rings (SSSR count). The highest BCUT2D eigenvalue weighted by atomic mass is 19.1. The number of fused-ring (bicyclic) bond motifs is 1. The molecule has 218 valence electrons. The van der Waals surface area contributed by atoms with Gasteiger partial charge in [-0.05, 0) is 76.1 Å². The lowest BCUT2D eigenvalue weighted by Gasteiger charge is -2.35. The van der Waals surface area contributed by atoms with Crippen molar-refractivity contribution in [1.82, 2.24) is 4.90 Å². The molecule has 1 fully saturated rings. The van der Waals surface area contributed by atoms with Crippen LogP contribution in [0.5, 0.6) is 17.2 Å². The van der Waals surface area contributed by atoms with Crippen LogP contribution in [-0.2, 0) is 11.0 Å². The second-order valence-electron chi connectivity index (χ2n) is 12.1. The van der Waals surface area contributed by atoms with Gasteiger partial charge < -0.3 is 24.0 Å². The van der Waals surface area contributed by atoms with E-state index in [1.165, 1.54) is 6.42 Å². The van der Waals surface area contributed by atoms with Gasteiger partial charge in [0.15, 0.2) is 23.1 Å². The first-order valence-electron chi connectivity index (χ1n) is 14.4. The van der Waals surface area contributed by atoms with Gasteiger partial charge in [0.05, 0.1) is 43.7 Å². The van der Waals surface area contributed by atoms with Crippen molar-refractivity contribution in [2.45, 2.75) is 78.7 Å². The van der Waals surface area contributed by atoms with Gasteiger partial charge in [0.1, 0.15) is 11.6 Å². The Bertz CT molecular complexity index is 1290. The Morgan fingerprint density at radius 3 is 2.25 bits per heavy atom. The molecule has 0 radical (unpaired) electrons. The number of nitrogens with one attached hydrogen (secondary N) is 1.